The highest BCUT2D eigenvalue weighted by Gasteiger charge is 2.32. The Labute approximate surface area is 257 Å². The summed E-state index contributed by atoms with van der Waals surface area (Å²) < 4.78 is 27.0. The molecule has 1 N–H and O–H groups in total. The van der Waals surface area contributed by atoms with Crippen LogP contribution in [0.2, 0.25) is 0 Å². The van der Waals surface area contributed by atoms with Crippen LogP contribution in [0.25, 0.3) is 0 Å². The van der Waals surface area contributed by atoms with Gasteiger partial charge in [0.25, 0.3) is 0 Å². The summed E-state index contributed by atoms with van der Waals surface area (Å²) in [7, 11) is -3.57. The van der Waals surface area contributed by atoms with Crippen molar-refractivity contribution in [3.63, 3.8) is 0 Å². The standard InChI is InChI=1S/C35H45N3O4S/c1-27-15-13-22-32(28(27)2)38(43(3,41)42)24-14-23-34(39)37(26-30-18-9-5-10-19-30)33(25-29-16-7-4-8-17-29)35(40)36-31-20-11-6-12-21-31/h4-5,7-10,13,15-19,22,31,33H,6,11-12,14,20-21,23-26H2,1-3H3,(H,36,40)/t33-/m1/s1. The first kappa shape index (κ1) is 32.3. The van der Waals surface area contributed by atoms with Gasteiger partial charge in [-0.3, -0.25) is 13.9 Å². The lowest BCUT2D eigenvalue weighted by atomic mass is 9.94. The third kappa shape index (κ3) is 9.17. The first-order valence-electron chi connectivity index (χ1n) is 15.3. The zero-order valence-electron chi connectivity index (χ0n) is 25.7. The number of carbonyl (C=O) groups excluding carboxylic acids is 2. The predicted molar refractivity (Wildman–Crippen MR) is 173 cm³/mol. The van der Waals surface area contributed by atoms with Crippen molar-refractivity contribution in [3.05, 3.63) is 101 Å². The summed E-state index contributed by atoms with van der Waals surface area (Å²) in [6.07, 6.45) is 7.33. The summed E-state index contributed by atoms with van der Waals surface area (Å²) in [5.41, 5.74) is 4.45. The van der Waals surface area contributed by atoms with E-state index in [0.717, 1.165) is 47.9 Å². The highest BCUT2D eigenvalue weighted by molar-refractivity contribution is 7.92. The summed E-state index contributed by atoms with van der Waals surface area (Å²) in [6, 6.07) is 24.6. The first-order valence-corrected chi connectivity index (χ1v) is 17.2. The summed E-state index contributed by atoms with van der Waals surface area (Å²) in [6.45, 7) is 4.33. The van der Waals surface area contributed by atoms with Crippen LogP contribution in [0.5, 0.6) is 0 Å². The fourth-order valence-electron chi connectivity index (χ4n) is 5.87. The maximum absolute atomic E-state index is 14.0. The molecule has 1 atom stereocenters. The van der Waals surface area contributed by atoms with Gasteiger partial charge in [0.1, 0.15) is 6.04 Å². The molecule has 0 aromatic heterocycles. The Morgan fingerprint density at radius 1 is 0.860 bits per heavy atom. The minimum absolute atomic E-state index is 0.117. The van der Waals surface area contributed by atoms with Crippen LogP contribution in [-0.2, 0) is 32.6 Å². The molecule has 2 amide bonds. The molecule has 8 heteroatoms. The summed E-state index contributed by atoms with van der Waals surface area (Å²) in [4.78, 5) is 29.7. The minimum Gasteiger partial charge on any atom is -0.352 e. The van der Waals surface area contributed by atoms with Crippen LogP contribution in [0.4, 0.5) is 5.69 Å². The number of sulfonamides is 1. The van der Waals surface area contributed by atoms with E-state index in [9.17, 15) is 18.0 Å². The van der Waals surface area contributed by atoms with Crippen LogP contribution in [-0.4, -0.2) is 50.0 Å². The lowest BCUT2D eigenvalue weighted by Gasteiger charge is -2.34. The van der Waals surface area contributed by atoms with E-state index in [4.69, 9.17) is 0 Å². The van der Waals surface area contributed by atoms with Crippen molar-refractivity contribution in [2.45, 2.75) is 83.8 Å². The fourth-order valence-corrected chi connectivity index (χ4v) is 6.88. The molecule has 1 fully saturated rings. The Morgan fingerprint density at radius 2 is 1.49 bits per heavy atom. The molecule has 0 unspecified atom stereocenters. The van der Waals surface area contributed by atoms with Gasteiger partial charge in [-0.2, -0.15) is 0 Å². The van der Waals surface area contributed by atoms with E-state index in [1.165, 1.54) is 17.0 Å². The second kappa shape index (κ2) is 15.2. The first-order chi connectivity index (χ1) is 20.6. The van der Waals surface area contributed by atoms with Crippen LogP contribution in [0.3, 0.4) is 0 Å². The van der Waals surface area contributed by atoms with Gasteiger partial charge in [0, 0.05) is 32.0 Å². The van der Waals surface area contributed by atoms with Gasteiger partial charge in [-0.25, -0.2) is 8.42 Å². The fraction of sp³-hybridized carbons (Fsp3) is 0.429. The summed E-state index contributed by atoms with van der Waals surface area (Å²) in [5, 5.41) is 3.27. The lowest BCUT2D eigenvalue weighted by molar-refractivity contribution is -0.141. The molecule has 1 aliphatic carbocycles. The number of hydrogen-bond donors (Lipinski definition) is 1. The Hall–Kier alpha value is -3.65. The summed E-state index contributed by atoms with van der Waals surface area (Å²) in [5.74, 6) is -0.300. The van der Waals surface area contributed by atoms with E-state index in [2.05, 4.69) is 5.32 Å². The number of nitrogens with one attached hydrogen (secondary N) is 1. The molecule has 1 saturated carbocycles. The van der Waals surface area contributed by atoms with Crippen LogP contribution in [0.1, 0.15) is 67.2 Å². The van der Waals surface area contributed by atoms with E-state index in [0.29, 0.717) is 25.1 Å². The van der Waals surface area contributed by atoms with Gasteiger partial charge in [0.2, 0.25) is 21.8 Å². The quantitative estimate of drug-likeness (QED) is 0.262. The van der Waals surface area contributed by atoms with E-state index in [1.807, 2.05) is 86.6 Å². The highest BCUT2D eigenvalue weighted by atomic mass is 32.2. The Balaban J connectivity index is 1.58. The van der Waals surface area contributed by atoms with Gasteiger partial charge in [0.15, 0.2) is 0 Å². The molecule has 3 aromatic rings. The molecule has 7 nitrogen and oxygen atoms in total. The maximum Gasteiger partial charge on any atom is 0.243 e. The maximum atomic E-state index is 14.0. The molecule has 0 spiro atoms. The largest absolute Gasteiger partial charge is 0.352 e. The van der Waals surface area contributed by atoms with Gasteiger partial charge in [-0.15, -0.1) is 0 Å². The van der Waals surface area contributed by atoms with Gasteiger partial charge in [-0.05, 0) is 61.4 Å². The van der Waals surface area contributed by atoms with Crippen molar-refractivity contribution >= 4 is 27.5 Å². The molecule has 1 aliphatic rings. The second-order valence-corrected chi connectivity index (χ2v) is 13.6. The van der Waals surface area contributed by atoms with E-state index in [1.54, 1.807) is 11.0 Å². The topological polar surface area (TPSA) is 86.8 Å². The molecule has 0 bridgehead atoms. The predicted octanol–water partition coefficient (Wildman–Crippen LogP) is 5.94. The molecule has 3 aromatic carbocycles. The van der Waals surface area contributed by atoms with Crippen molar-refractivity contribution in [2.75, 3.05) is 17.1 Å². The molecule has 0 radical (unpaired) electrons. The summed E-state index contributed by atoms with van der Waals surface area (Å²) >= 11 is 0. The molecule has 230 valence electrons. The number of amides is 2. The average Bonchev–Trinajstić information content (AvgIpc) is 2.99. The van der Waals surface area contributed by atoms with E-state index in [-0.39, 0.29) is 30.8 Å². The van der Waals surface area contributed by atoms with Crippen LogP contribution in [0, 0.1) is 13.8 Å². The van der Waals surface area contributed by atoms with Crippen LogP contribution < -0.4 is 9.62 Å². The number of carbonyl (C=O) groups is 2. The van der Waals surface area contributed by atoms with Crippen molar-refractivity contribution < 1.29 is 18.0 Å². The monoisotopic (exact) mass is 603 g/mol. The highest BCUT2D eigenvalue weighted by Crippen LogP contribution is 2.26. The number of benzene rings is 3. The van der Waals surface area contributed by atoms with Crippen LogP contribution >= 0.6 is 0 Å². The molecule has 43 heavy (non-hydrogen) atoms. The normalized spacial score (nSPS) is 14.6. The lowest BCUT2D eigenvalue weighted by Crippen LogP contribution is -2.52. The number of hydrogen-bond acceptors (Lipinski definition) is 4. The van der Waals surface area contributed by atoms with Crippen molar-refractivity contribution in [3.8, 4) is 0 Å². The van der Waals surface area contributed by atoms with E-state index >= 15 is 0 Å². The number of rotatable bonds is 13. The SMILES string of the molecule is Cc1cccc(N(CCCC(=O)N(Cc2ccccc2)[C@H](Cc2ccccc2)C(=O)NC2CCCCC2)S(C)(=O)=O)c1C. The van der Waals surface area contributed by atoms with E-state index < -0.39 is 16.1 Å². The Kier molecular flexibility index (Phi) is 11.4. The third-order valence-corrected chi connectivity index (χ3v) is 9.60. The molecule has 0 aliphatic heterocycles. The average molecular weight is 604 g/mol. The molecular weight excluding hydrogens is 558 g/mol. The van der Waals surface area contributed by atoms with Crippen LogP contribution in [0.15, 0.2) is 78.9 Å². The van der Waals surface area contributed by atoms with Crippen molar-refractivity contribution in [1.29, 1.82) is 0 Å². The van der Waals surface area contributed by atoms with Gasteiger partial charge < -0.3 is 10.2 Å². The zero-order chi connectivity index (χ0) is 30.8. The number of aryl methyl sites for hydroxylation is 1. The number of nitrogens with zero attached hydrogens (tertiary/aromatic N) is 2. The molecule has 4 rings (SSSR count). The Morgan fingerprint density at radius 3 is 2.12 bits per heavy atom. The zero-order valence-corrected chi connectivity index (χ0v) is 26.5. The molecule has 0 saturated heterocycles. The van der Waals surface area contributed by atoms with Gasteiger partial charge in [-0.1, -0.05) is 92.1 Å². The van der Waals surface area contributed by atoms with Gasteiger partial charge in [0.05, 0.1) is 11.9 Å². The minimum atomic E-state index is -3.57. The molecule has 0 heterocycles. The second-order valence-electron chi connectivity index (χ2n) is 11.7. The molecular formula is C35H45N3O4S. The third-order valence-electron chi connectivity index (χ3n) is 8.42. The Bertz CT molecular complexity index is 1450. The van der Waals surface area contributed by atoms with Crippen molar-refractivity contribution in [2.24, 2.45) is 0 Å². The number of anilines is 1. The smallest absolute Gasteiger partial charge is 0.243 e. The van der Waals surface area contributed by atoms with Crippen molar-refractivity contribution in [1.82, 2.24) is 10.2 Å². The van der Waals surface area contributed by atoms with Gasteiger partial charge >= 0.3 is 0 Å².